The Morgan fingerprint density at radius 2 is 1.49 bits per heavy atom. The number of likely N-dealkylation sites (tertiary alicyclic amines) is 1. The number of nitrogens with zero attached hydrogens (tertiary/aromatic N) is 3. The first-order chi connectivity index (χ1) is 17.8. The molecule has 0 bridgehead atoms. The summed E-state index contributed by atoms with van der Waals surface area (Å²) >= 11 is 0. The van der Waals surface area contributed by atoms with Crippen LogP contribution < -0.4 is 14.2 Å². The maximum atomic E-state index is 13.9. The molecule has 37 heavy (non-hydrogen) atoms. The second-order valence-electron chi connectivity index (χ2n) is 9.95. The predicted octanol–water partition coefficient (Wildman–Crippen LogP) is 4.48. The van der Waals surface area contributed by atoms with E-state index in [1.807, 2.05) is 62.4 Å². The summed E-state index contributed by atoms with van der Waals surface area (Å²) in [6, 6.07) is 13.2. The molecule has 2 aromatic rings. The van der Waals surface area contributed by atoms with E-state index in [2.05, 4.69) is 4.90 Å². The fourth-order valence-corrected chi connectivity index (χ4v) is 5.18. The van der Waals surface area contributed by atoms with Gasteiger partial charge in [-0.15, -0.1) is 0 Å². The van der Waals surface area contributed by atoms with Gasteiger partial charge in [0.1, 0.15) is 22.8 Å². The van der Waals surface area contributed by atoms with Crippen molar-refractivity contribution in [2.45, 2.75) is 45.3 Å². The van der Waals surface area contributed by atoms with Gasteiger partial charge in [-0.2, -0.15) is 0 Å². The van der Waals surface area contributed by atoms with E-state index in [-0.39, 0.29) is 18.5 Å². The molecule has 1 spiro atoms. The SMILES string of the molecule is COc1cccc(CN2C(=O)N(CC=C(C)C)C3(CCN(Cc4cc(OC)cc(OC)c4)CC3)C2=O)c1. The van der Waals surface area contributed by atoms with E-state index in [1.54, 1.807) is 26.2 Å². The van der Waals surface area contributed by atoms with Crippen molar-refractivity contribution < 1.29 is 23.8 Å². The molecule has 4 rings (SSSR count). The van der Waals surface area contributed by atoms with Gasteiger partial charge in [-0.25, -0.2) is 4.79 Å². The van der Waals surface area contributed by atoms with E-state index >= 15 is 0 Å². The number of methoxy groups -OCH3 is 3. The van der Waals surface area contributed by atoms with Gasteiger partial charge in [0.15, 0.2) is 0 Å². The number of carbonyl (C=O) groups excluding carboxylic acids is 2. The number of allylic oxidation sites excluding steroid dienone is 1. The molecule has 2 saturated heterocycles. The van der Waals surface area contributed by atoms with E-state index < -0.39 is 5.54 Å². The third kappa shape index (κ3) is 5.59. The molecule has 0 aliphatic carbocycles. The standard InChI is InChI=1S/C29H37N3O5/c1-21(2)9-12-32-28(34)31(20-22-7-6-8-24(15-22)35-3)27(33)29(32)10-13-30(14-11-29)19-23-16-25(36-4)18-26(17-23)37-5/h6-9,15-18H,10-14,19-20H2,1-5H3. The molecule has 0 radical (unpaired) electrons. The van der Waals surface area contributed by atoms with Gasteiger partial charge < -0.3 is 19.1 Å². The fourth-order valence-electron chi connectivity index (χ4n) is 5.18. The van der Waals surface area contributed by atoms with E-state index in [9.17, 15) is 9.59 Å². The van der Waals surface area contributed by atoms with Crippen molar-refractivity contribution in [2.75, 3.05) is 41.0 Å². The first-order valence-corrected chi connectivity index (χ1v) is 12.6. The van der Waals surface area contributed by atoms with Crippen molar-refractivity contribution >= 4 is 11.9 Å². The van der Waals surface area contributed by atoms with Crippen molar-refractivity contribution in [1.82, 2.24) is 14.7 Å². The van der Waals surface area contributed by atoms with E-state index in [1.165, 1.54) is 4.90 Å². The quantitative estimate of drug-likeness (QED) is 0.368. The average molecular weight is 508 g/mol. The molecule has 0 atom stereocenters. The summed E-state index contributed by atoms with van der Waals surface area (Å²) in [7, 11) is 4.89. The highest BCUT2D eigenvalue weighted by molar-refractivity contribution is 6.07. The maximum absolute atomic E-state index is 13.9. The smallest absolute Gasteiger partial charge is 0.328 e. The lowest BCUT2D eigenvalue weighted by Crippen LogP contribution is -2.56. The predicted molar refractivity (Wildman–Crippen MR) is 142 cm³/mol. The summed E-state index contributed by atoms with van der Waals surface area (Å²) in [5.41, 5.74) is 2.24. The largest absolute Gasteiger partial charge is 0.497 e. The maximum Gasteiger partial charge on any atom is 0.328 e. The topological polar surface area (TPSA) is 71.6 Å². The minimum absolute atomic E-state index is 0.106. The molecule has 8 heteroatoms. The zero-order valence-electron chi connectivity index (χ0n) is 22.5. The zero-order chi connectivity index (χ0) is 26.6. The number of urea groups is 1. The molecule has 8 nitrogen and oxygen atoms in total. The van der Waals surface area contributed by atoms with Crippen molar-refractivity contribution in [2.24, 2.45) is 0 Å². The third-order valence-corrected chi connectivity index (χ3v) is 7.28. The highest BCUT2D eigenvalue weighted by Crippen LogP contribution is 2.39. The van der Waals surface area contributed by atoms with E-state index in [4.69, 9.17) is 14.2 Å². The Balaban J connectivity index is 1.54. The van der Waals surface area contributed by atoms with Crippen LogP contribution in [0.25, 0.3) is 0 Å². The highest BCUT2D eigenvalue weighted by Gasteiger charge is 2.57. The van der Waals surface area contributed by atoms with Gasteiger partial charge in [0.25, 0.3) is 5.91 Å². The van der Waals surface area contributed by atoms with Crippen LogP contribution in [0.5, 0.6) is 17.2 Å². The first kappa shape index (κ1) is 26.5. The molecule has 2 aliphatic rings. The minimum Gasteiger partial charge on any atom is -0.497 e. The molecule has 0 saturated carbocycles. The number of piperidine rings is 1. The Hall–Kier alpha value is -3.52. The molecular formula is C29H37N3O5. The van der Waals surface area contributed by atoms with Crippen LogP contribution in [0.15, 0.2) is 54.1 Å². The summed E-state index contributed by atoms with van der Waals surface area (Å²) in [6.07, 6.45) is 3.20. The summed E-state index contributed by atoms with van der Waals surface area (Å²) in [5, 5.41) is 0. The molecule has 0 aromatic heterocycles. The normalized spacial score (nSPS) is 17.3. The van der Waals surface area contributed by atoms with Gasteiger partial charge in [-0.3, -0.25) is 14.6 Å². The number of amides is 3. The average Bonchev–Trinajstić information content (AvgIpc) is 3.09. The molecule has 2 aliphatic heterocycles. The monoisotopic (exact) mass is 507 g/mol. The van der Waals surface area contributed by atoms with Gasteiger partial charge in [0.05, 0.1) is 27.9 Å². The molecule has 2 heterocycles. The van der Waals surface area contributed by atoms with Gasteiger partial charge >= 0.3 is 6.03 Å². The molecule has 0 N–H and O–H groups in total. The lowest BCUT2D eigenvalue weighted by Gasteiger charge is -2.42. The number of hydrogen-bond donors (Lipinski definition) is 0. The Morgan fingerprint density at radius 1 is 0.865 bits per heavy atom. The number of benzene rings is 2. The lowest BCUT2D eigenvalue weighted by molar-refractivity contribution is -0.136. The number of hydrogen-bond acceptors (Lipinski definition) is 6. The molecular weight excluding hydrogens is 470 g/mol. The van der Waals surface area contributed by atoms with Crippen LogP contribution in [0, 0.1) is 0 Å². The van der Waals surface area contributed by atoms with Crippen molar-refractivity contribution in [3.05, 3.63) is 65.2 Å². The summed E-state index contributed by atoms with van der Waals surface area (Å²) < 4.78 is 16.2. The number of carbonyl (C=O) groups is 2. The van der Waals surface area contributed by atoms with Crippen LogP contribution in [0.2, 0.25) is 0 Å². The fraction of sp³-hybridized carbons (Fsp3) is 0.448. The van der Waals surface area contributed by atoms with Gasteiger partial charge in [0.2, 0.25) is 0 Å². The van der Waals surface area contributed by atoms with Crippen LogP contribution in [0.4, 0.5) is 4.79 Å². The lowest BCUT2D eigenvalue weighted by atomic mass is 9.85. The van der Waals surface area contributed by atoms with E-state index in [0.717, 1.165) is 28.2 Å². The number of imide groups is 1. The minimum atomic E-state index is -0.829. The Bertz CT molecular complexity index is 1140. The van der Waals surface area contributed by atoms with Crippen molar-refractivity contribution in [3.63, 3.8) is 0 Å². The van der Waals surface area contributed by atoms with Crippen molar-refractivity contribution in [3.8, 4) is 17.2 Å². The van der Waals surface area contributed by atoms with Gasteiger partial charge in [-0.05, 0) is 62.1 Å². The van der Waals surface area contributed by atoms with Crippen molar-refractivity contribution in [1.29, 1.82) is 0 Å². The van der Waals surface area contributed by atoms with Crippen LogP contribution >= 0.6 is 0 Å². The van der Waals surface area contributed by atoms with Crippen LogP contribution in [-0.2, 0) is 17.9 Å². The Labute approximate surface area is 219 Å². The highest BCUT2D eigenvalue weighted by atomic mass is 16.5. The van der Waals surface area contributed by atoms with Gasteiger partial charge in [-0.1, -0.05) is 23.8 Å². The zero-order valence-corrected chi connectivity index (χ0v) is 22.5. The molecule has 3 amide bonds. The van der Waals surface area contributed by atoms with Crippen LogP contribution in [0.3, 0.4) is 0 Å². The molecule has 0 unspecified atom stereocenters. The second kappa shape index (κ2) is 11.3. The first-order valence-electron chi connectivity index (χ1n) is 12.6. The van der Waals surface area contributed by atoms with E-state index in [0.29, 0.717) is 44.8 Å². The molecule has 2 fully saturated rings. The van der Waals surface area contributed by atoms with Crippen LogP contribution in [0.1, 0.15) is 37.8 Å². The Morgan fingerprint density at radius 3 is 2.08 bits per heavy atom. The Kier molecular flexibility index (Phi) is 8.07. The number of ether oxygens (including phenoxy) is 3. The molecule has 2 aromatic carbocycles. The van der Waals surface area contributed by atoms with Gasteiger partial charge in [0, 0.05) is 32.2 Å². The summed E-state index contributed by atoms with van der Waals surface area (Å²) in [5.74, 6) is 2.10. The molecule has 198 valence electrons. The summed E-state index contributed by atoms with van der Waals surface area (Å²) in [4.78, 5) is 33.0. The second-order valence-corrected chi connectivity index (χ2v) is 9.95. The third-order valence-electron chi connectivity index (χ3n) is 7.28. The number of rotatable bonds is 9. The summed E-state index contributed by atoms with van der Waals surface area (Å²) in [6.45, 7) is 6.80. The van der Waals surface area contributed by atoms with Crippen LogP contribution in [-0.4, -0.2) is 73.1 Å².